The highest BCUT2D eigenvalue weighted by atomic mass is 79.9. The smallest absolute Gasteiger partial charge is 0.179 e. The van der Waals surface area contributed by atoms with Gasteiger partial charge in [0.05, 0.1) is 5.56 Å². The van der Waals surface area contributed by atoms with Crippen LogP contribution in [0.25, 0.3) is 0 Å². The van der Waals surface area contributed by atoms with Crippen molar-refractivity contribution in [2.45, 2.75) is 6.61 Å². The van der Waals surface area contributed by atoms with E-state index in [2.05, 4.69) is 26.1 Å². The third-order valence-corrected chi connectivity index (χ3v) is 3.83. The van der Waals surface area contributed by atoms with E-state index in [1.54, 1.807) is 5.38 Å². The number of halogens is 3. The van der Waals surface area contributed by atoms with E-state index in [0.29, 0.717) is 9.61 Å². The highest BCUT2D eigenvalue weighted by Gasteiger charge is 2.18. The van der Waals surface area contributed by atoms with Crippen molar-refractivity contribution in [2.24, 2.45) is 10.9 Å². The molecule has 0 amide bonds. The van der Waals surface area contributed by atoms with E-state index in [9.17, 15) is 8.78 Å². The summed E-state index contributed by atoms with van der Waals surface area (Å²) < 4.78 is 33.3. The van der Waals surface area contributed by atoms with Crippen molar-refractivity contribution in [2.75, 3.05) is 0 Å². The van der Waals surface area contributed by atoms with Gasteiger partial charge in [-0.2, -0.15) is 0 Å². The molecule has 1 aromatic heterocycles. The van der Waals surface area contributed by atoms with Crippen LogP contribution >= 0.6 is 27.3 Å². The van der Waals surface area contributed by atoms with Crippen LogP contribution in [-0.2, 0) is 6.61 Å². The fourth-order valence-electron chi connectivity index (χ4n) is 1.42. The Balaban J connectivity index is 2.24. The zero-order valence-corrected chi connectivity index (χ0v) is 12.2. The van der Waals surface area contributed by atoms with Crippen LogP contribution in [0, 0.1) is 11.6 Å². The molecule has 0 aliphatic carbocycles. The van der Waals surface area contributed by atoms with Gasteiger partial charge in [0.25, 0.3) is 0 Å². The molecule has 0 aliphatic heterocycles. The summed E-state index contributed by atoms with van der Waals surface area (Å²) in [5.74, 6) is -2.85. The average Bonchev–Trinajstić information content (AvgIpc) is 2.83. The quantitative estimate of drug-likeness (QED) is 0.378. The fraction of sp³-hybridized carbons (Fsp3) is 0.0909. The minimum absolute atomic E-state index is 0.0223. The summed E-state index contributed by atoms with van der Waals surface area (Å²) in [7, 11) is 0. The van der Waals surface area contributed by atoms with Crippen molar-refractivity contribution < 1.29 is 18.7 Å². The van der Waals surface area contributed by atoms with E-state index in [1.807, 2.05) is 0 Å². The van der Waals surface area contributed by atoms with Crippen molar-refractivity contribution in [3.05, 3.63) is 44.3 Å². The molecular formula is C11H8BrF2N3O2S. The summed E-state index contributed by atoms with van der Waals surface area (Å²) in [6, 6.07) is 2.10. The Hall–Kier alpha value is -1.74. The van der Waals surface area contributed by atoms with Gasteiger partial charge in [-0.15, -0.1) is 11.3 Å². The molecule has 0 aliphatic rings. The second-order valence-corrected chi connectivity index (χ2v) is 5.33. The summed E-state index contributed by atoms with van der Waals surface area (Å²) in [6.45, 7) is 0.0223. The van der Waals surface area contributed by atoms with Crippen molar-refractivity contribution in [3.63, 3.8) is 0 Å². The van der Waals surface area contributed by atoms with E-state index >= 15 is 0 Å². The third-order valence-electron chi connectivity index (χ3n) is 2.29. The van der Waals surface area contributed by atoms with Gasteiger partial charge < -0.3 is 15.7 Å². The van der Waals surface area contributed by atoms with E-state index in [4.69, 9.17) is 15.7 Å². The molecule has 0 radical (unpaired) electrons. The number of thiazole rings is 1. The molecule has 20 heavy (non-hydrogen) atoms. The average molecular weight is 364 g/mol. The molecule has 0 fully saturated rings. The fourth-order valence-corrected chi connectivity index (χ4v) is 2.60. The van der Waals surface area contributed by atoms with Crippen LogP contribution in [0.3, 0.4) is 0 Å². The number of hydrogen-bond donors (Lipinski definition) is 2. The monoisotopic (exact) mass is 363 g/mol. The normalized spacial score (nSPS) is 11.7. The molecule has 9 heteroatoms. The van der Waals surface area contributed by atoms with Crippen molar-refractivity contribution in [1.29, 1.82) is 0 Å². The maximum atomic E-state index is 14.0. The number of rotatable bonds is 4. The second kappa shape index (κ2) is 6.14. The molecule has 0 atom stereocenters. The minimum atomic E-state index is -1.03. The van der Waals surface area contributed by atoms with Gasteiger partial charge >= 0.3 is 0 Å². The highest BCUT2D eigenvalue weighted by molar-refractivity contribution is 9.10. The Kier molecular flexibility index (Phi) is 4.50. The van der Waals surface area contributed by atoms with Crippen LogP contribution in [0.5, 0.6) is 5.75 Å². The molecule has 3 N–H and O–H groups in total. The van der Waals surface area contributed by atoms with Gasteiger partial charge in [0.1, 0.15) is 22.0 Å². The lowest BCUT2D eigenvalue weighted by atomic mass is 10.1. The largest absolute Gasteiger partial charge is 0.483 e. The molecule has 2 aromatic rings. The second-order valence-electron chi connectivity index (χ2n) is 3.57. The predicted octanol–water partition coefficient (Wildman–Crippen LogP) is 2.86. The Labute approximate surface area is 124 Å². The summed E-state index contributed by atoms with van der Waals surface area (Å²) in [5.41, 5.74) is 4.59. The number of oxime groups is 1. The van der Waals surface area contributed by atoms with Crippen LogP contribution in [0.4, 0.5) is 8.78 Å². The topological polar surface area (TPSA) is 80.7 Å². The van der Waals surface area contributed by atoms with Gasteiger partial charge in [-0.25, -0.2) is 13.8 Å². The zero-order valence-electron chi connectivity index (χ0n) is 9.81. The van der Waals surface area contributed by atoms with Crippen molar-refractivity contribution in [3.8, 4) is 5.75 Å². The number of nitrogens with zero attached hydrogens (tertiary/aromatic N) is 2. The summed E-state index contributed by atoms with van der Waals surface area (Å²) >= 11 is 4.51. The zero-order chi connectivity index (χ0) is 14.7. The molecule has 106 valence electrons. The molecular weight excluding hydrogens is 356 g/mol. The Bertz CT molecular complexity index is 663. The number of hydrogen-bond acceptors (Lipinski definition) is 5. The lowest BCUT2D eigenvalue weighted by Crippen LogP contribution is -2.18. The van der Waals surface area contributed by atoms with E-state index in [1.165, 1.54) is 11.3 Å². The summed E-state index contributed by atoms with van der Waals surface area (Å²) in [5, 5.41) is 13.5. The van der Waals surface area contributed by atoms with Gasteiger partial charge in [0, 0.05) is 5.38 Å². The highest BCUT2D eigenvalue weighted by Crippen LogP contribution is 2.25. The maximum Gasteiger partial charge on any atom is 0.179 e. The first kappa shape index (κ1) is 14.7. The molecule has 0 saturated heterocycles. The van der Waals surface area contributed by atoms with Gasteiger partial charge in [-0.1, -0.05) is 5.16 Å². The number of benzene rings is 1. The predicted molar refractivity (Wildman–Crippen MR) is 73.0 cm³/mol. The van der Waals surface area contributed by atoms with Crippen LogP contribution < -0.4 is 10.5 Å². The summed E-state index contributed by atoms with van der Waals surface area (Å²) in [6.07, 6.45) is 0. The van der Waals surface area contributed by atoms with E-state index < -0.39 is 23.0 Å². The molecule has 0 spiro atoms. The first-order chi connectivity index (χ1) is 9.52. The lowest BCUT2D eigenvalue weighted by molar-refractivity contribution is 0.288. The molecule has 0 unspecified atom stereocenters. The molecule has 2 rings (SSSR count). The van der Waals surface area contributed by atoms with Gasteiger partial charge in [0.2, 0.25) is 0 Å². The Morgan fingerprint density at radius 1 is 1.50 bits per heavy atom. The van der Waals surface area contributed by atoms with Gasteiger partial charge in [-0.05, 0) is 28.1 Å². The van der Waals surface area contributed by atoms with Crippen molar-refractivity contribution >= 4 is 33.1 Å². The van der Waals surface area contributed by atoms with Crippen LogP contribution in [0.2, 0.25) is 0 Å². The lowest BCUT2D eigenvalue weighted by Gasteiger charge is -2.09. The standard InChI is InChI=1S/C11H8BrF2N3O2S/c12-7-4-20-8(16-7)3-19-6-2-1-5(13)9(10(6)14)11(15)17-18/h1-2,4,18H,3H2,(H2,15,17). The number of ether oxygens (including phenoxy) is 1. The minimum Gasteiger partial charge on any atom is -0.483 e. The maximum absolute atomic E-state index is 14.0. The van der Waals surface area contributed by atoms with E-state index in [0.717, 1.165) is 12.1 Å². The molecule has 1 heterocycles. The van der Waals surface area contributed by atoms with Crippen LogP contribution in [0.15, 0.2) is 27.3 Å². The SMILES string of the molecule is NC(=NO)c1c(F)ccc(OCc2nc(Br)cs2)c1F. The number of amidine groups is 1. The van der Waals surface area contributed by atoms with Gasteiger partial charge in [-0.3, -0.25) is 0 Å². The molecule has 0 bridgehead atoms. The van der Waals surface area contributed by atoms with Crippen LogP contribution in [0.1, 0.15) is 10.6 Å². The summed E-state index contributed by atoms with van der Waals surface area (Å²) in [4.78, 5) is 4.07. The first-order valence-corrected chi connectivity index (χ1v) is 6.88. The third kappa shape index (κ3) is 3.05. The number of aromatic nitrogens is 1. The molecule has 0 saturated carbocycles. The Morgan fingerprint density at radius 3 is 2.85 bits per heavy atom. The first-order valence-electron chi connectivity index (χ1n) is 5.21. The molecule has 1 aromatic carbocycles. The van der Waals surface area contributed by atoms with E-state index in [-0.39, 0.29) is 12.4 Å². The Morgan fingerprint density at radius 2 is 2.25 bits per heavy atom. The van der Waals surface area contributed by atoms with Gasteiger partial charge in [0.15, 0.2) is 17.4 Å². The van der Waals surface area contributed by atoms with Crippen molar-refractivity contribution in [1.82, 2.24) is 4.98 Å². The van der Waals surface area contributed by atoms with Crippen LogP contribution in [-0.4, -0.2) is 16.0 Å². The molecule has 5 nitrogen and oxygen atoms in total. The number of nitrogens with two attached hydrogens (primary N) is 1.